The van der Waals surface area contributed by atoms with Gasteiger partial charge in [-0.25, -0.2) is 4.98 Å². The fourth-order valence-corrected chi connectivity index (χ4v) is 3.29. The number of anilines is 2. The van der Waals surface area contributed by atoms with Crippen LogP contribution in [0, 0.1) is 6.92 Å². The molecule has 0 fully saturated rings. The number of nitrogens with zero attached hydrogens (tertiary/aromatic N) is 5. The number of rotatable bonds is 10. The standard InChI is InChI=1S/C23H25N7O5/c1-14-5-6-15(9-17(14)32-2)21-20(25-13-35-21)22(31)27-16-11-26-30(12-16)8-7-24-23-28-18(33-3)10-19(29-23)34-4/h5-6,9-13H,7-8H2,1-4H3,(H,27,31)(H,24,28,29). The van der Waals surface area contributed by atoms with Crippen LogP contribution in [0.2, 0.25) is 0 Å². The largest absolute Gasteiger partial charge is 0.496 e. The van der Waals surface area contributed by atoms with Crippen molar-refractivity contribution in [2.24, 2.45) is 0 Å². The lowest BCUT2D eigenvalue weighted by Crippen LogP contribution is -2.14. The first-order valence-corrected chi connectivity index (χ1v) is 10.6. The molecule has 1 amide bonds. The van der Waals surface area contributed by atoms with Gasteiger partial charge in [-0.15, -0.1) is 0 Å². The van der Waals surface area contributed by atoms with Gasteiger partial charge in [0.25, 0.3) is 5.91 Å². The fraction of sp³-hybridized carbons (Fsp3) is 0.261. The first kappa shape index (κ1) is 23.5. The van der Waals surface area contributed by atoms with E-state index in [-0.39, 0.29) is 5.69 Å². The number of amides is 1. The summed E-state index contributed by atoms with van der Waals surface area (Å²) in [6, 6.07) is 7.13. The molecule has 12 nitrogen and oxygen atoms in total. The average molecular weight is 479 g/mol. The highest BCUT2D eigenvalue weighted by atomic mass is 16.5. The second kappa shape index (κ2) is 10.5. The molecular formula is C23H25N7O5. The highest BCUT2D eigenvalue weighted by molar-refractivity contribution is 6.06. The second-order valence-corrected chi connectivity index (χ2v) is 7.36. The van der Waals surface area contributed by atoms with E-state index in [4.69, 9.17) is 18.6 Å². The SMILES string of the molecule is COc1cc(OC)nc(NCCn2cc(NC(=O)c3ncoc3-c3ccc(C)c(OC)c3)cn2)n1. The zero-order chi connectivity index (χ0) is 24.8. The molecule has 182 valence electrons. The van der Waals surface area contributed by atoms with Gasteiger partial charge in [-0.1, -0.05) is 12.1 Å². The molecule has 0 radical (unpaired) electrons. The molecule has 4 aromatic rings. The summed E-state index contributed by atoms with van der Waals surface area (Å²) in [5.74, 6) is 1.78. The van der Waals surface area contributed by atoms with E-state index in [2.05, 4.69) is 30.7 Å². The average Bonchev–Trinajstić information content (AvgIpc) is 3.54. The highest BCUT2D eigenvalue weighted by Gasteiger charge is 2.20. The van der Waals surface area contributed by atoms with Gasteiger partial charge in [-0.3, -0.25) is 9.48 Å². The number of carbonyl (C=O) groups excluding carboxylic acids is 1. The van der Waals surface area contributed by atoms with Crippen molar-refractivity contribution in [2.75, 3.05) is 38.5 Å². The van der Waals surface area contributed by atoms with Gasteiger partial charge in [-0.2, -0.15) is 15.1 Å². The number of aryl methyl sites for hydroxylation is 1. The van der Waals surface area contributed by atoms with Crippen LogP contribution in [0.25, 0.3) is 11.3 Å². The Kier molecular flexibility index (Phi) is 7.10. The molecule has 0 saturated heterocycles. The van der Waals surface area contributed by atoms with Crippen LogP contribution in [0.3, 0.4) is 0 Å². The molecular weight excluding hydrogens is 454 g/mol. The summed E-state index contributed by atoms with van der Waals surface area (Å²) in [5, 5.41) is 10.2. The van der Waals surface area contributed by atoms with E-state index in [9.17, 15) is 4.79 Å². The fourth-order valence-electron chi connectivity index (χ4n) is 3.29. The maximum atomic E-state index is 12.9. The minimum Gasteiger partial charge on any atom is -0.496 e. The summed E-state index contributed by atoms with van der Waals surface area (Å²) in [7, 11) is 4.63. The summed E-state index contributed by atoms with van der Waals surface area (Å²) in [5.41, 5.74) is 2.34. The molecule has 12 heteroatoms. The van der Waals surface area contributed by atoms with Crippen LogP contribution in [0.15, 0.2) is 47.5 Å². The topological polar surface area (TPSA) is 138 Å². The molecule has 35 heavy (non-hydrogen) atoms. The number of oxazole rings is 1. The van der Waals surface area contributed by atoms with Crippen LogP contribution >= 0.6 is 0 Å². The van der Waals surface area contributed by atoms with Crippen molar-refractivity contribution in [1.29, 1.82) is 0 Å². The Morgan fingerprint density at radius 2 is 1.86 bits per heavy atom. The molecule has 0 atom stereocenters. The van der Waals surface area contributed by atoms with Crippen molar-refractivity contribution < 1.29 is 23.4 Å². The van der Waals surface area contributed by atoms with Crippen molar-refractivity contribution in [3.05, 3.63) is 54.3 Å². The Balaban J connectivity index is 1.38. The van der Waals surface area contributed by atoms with Crippen LogP contribution in [-0.4, -0.2) is 58.5 Å². The van der Waals surface area contributed by atoms with Crippen LogP contribution in [-0.2, 0) is 6.54 Å². The molecule has 0 spiro atoms. The third kappa shape index (κ3) is 5.49. The second-order valence-electron chi connectivity index (χ2n) is 7.36. The molecule has 0 bridgehead atoms. The molecule has 3 aromatic heterocycles. The van der Waals surface area contributed by atoms with Crippen LogP contribution in [0.4, 0.5) is 11.6 Å². The number of hydrogen-bond acceptors (Lipinski definition) is 10. The minimum absolute atomic E-state index is 0.162. The lowest BCUT2D eigenvalue weighted by Gasteiger charge is -2.08. The summed E-state index contributed by atoms with van der Waals surface area (Å²) >= 11 is 0. The Bertz CT molecular complexity index is 1300. The van der Waals surface area contributed by atoms with Crippen molar-refractivity contribution >= 4 is 17.5 Å². The number of aromatic nitrogens is 5. The zero-order valence-corrected chi connectivity index (χ0v) is 19.7. The smallest absolute Gasteiger partial charge is 0.278 e. The van der Waals surface area contributed by atoms with E-state index >= 15 is 0 Å². The molecule has 4 rings (SSSR count). The third-order valence-electron chi connectivity index (χ3n) is 5.07. The van der Waals surface area contributed by atoms with Crippen molar-refractivity contribution in [2.45, 2.75) is 13.5 Å². The minimum atomic E-state index is -0.414. The predicted molar refractivity (Wildman–Crippen MR) is 127 cm³/mol. The molecule has 0 saturated carbocycles. The number of nitrogens with one attached hydrogen (secondary N) is 2. The van der Waals surface area contributed by atoms with Gasteiger partial charge in [0, 0.05) is 18.3 Å². The highest BCUT2D eigenvalue weighted by Crippen LogP contribution is 2.29. The van der Waals surface area contributed by atoms with Gasteiger partial charge in [-0.05, 0) is 18.6 Å². The first-order valence-electron chi connectivity index (χ1n) is 10.6. The van der Waals surface area contributed by atoms with Gasteiger partial charge in [0.05, 0.1) is 45.8 Å². The zero-order valence-electron chi connectivity index (χ0n) is 19.7. The van der Waals surface area contributed by atoms with E-state index < -0.39 is 5.91 Å². The van der Waals surface area contributed by atoms with Gasteiger partial charge >= 0.3 is 0 Å². The number of ether oxygens (including phenoxy) is 3. The van der Waals surface area contributed by atoms with Crippen molar-refractivity contribution in [3.63, 3.8) is 0 Å². The molecule has 2 N–H and O–H groups in total. The molecule has 0 unspecified atom stereocenters. The first-order chi connectivity index (χ1) is 17.0. The lowest BCUT2D eigenvalue weighted by molar-refractivity contribution is 0.102. The van der Waals surface area contributed by atoms with Crippen molar-refractivity contribution in [3.8, 4) is 28.8 Å². The number of methoxy groups -OCH3 is 3. The van der Waals surface area contributed by atoms with E-state index in [1.54, 1.807) is 36.3 Å². The van der Waals surface area contributed by atoms with E-state index in [1.165, 1.54) is 20.6 Å². The Labute approximate surface area is 201 Å². The van der Waals surface area contributed by atoms with Crippen LogP contribution in [0.5, 0.6) is 17.5 Å². The summed E-state index contributed by atoms with van der Waals surface area (Å²) in [6.07, 6.45) is 4.50. The molecule has 0 aliphatic rings. The Hall–Kier alpha value is -4.61. The lowest BCUT2D eigenvalue weighted by atomic mass is 10.1. The van der Waals surface area contributed by atoms with Crippen LogP contribution in [0.1, 0.15) is 16.1 Å². The molecule has 0 aliphatic carbocycles. The normalized spacial score (nSPS) is 10.6. The number of benzene rings is 1. The van der Waals surface area contributed by atoms with Crippen LogP contribution < -0.4 is 24.8 Å². The van der Waals surface area contributed by atoms with Gasteiger partial charge in [0.2, 0.25) is 17.7 Å². The van der Waals surface area contributed by atoms with Gasteiger partial charge in [0.1, 0.15) is 5.75 Å². The van der Waals surface area contributed by atoms with E-state index in [1.807, 2.05) is 19.1 Å². The quantitative estimate of drug-likeness (QED) is 0.349. The number of carbonyl (C=O) groups is 1. The van der Waals surface area contributed by atoms with E-state index in [0.29, 0.717) is 53.6 Å². The third-order valence-corrected chi connectivity index (χ3v) is 5.07. The van der Waals surface area contributed by atoms with Gasteiger partial charge < -0.3 is 29.3 Å². The van der Waals surface area contributed by atoms with E-state index in [0.717, 1.165) is 5.56 Å². The summed E-state index contributed by atoms with van der Waals surface area (Å²) in [6.45, 7) is 2.91. The molecule has 1 aromatic carbocycles. The summed E-state index contributed by atoms with van der Waals surface area (Å²) < 4.78 is 22.8. The Morgan fingerprint density at radius 3 is 2.57 bits per heavy atom. The number of hydrogen-bond donors (Lipinski definition) is 2. The maximum Gasteiger partial charge on any atom is 0.278 e. The summed E-state index contributed by atoms with van der Waals surface area (Å²) in [4.78, 5) is 25.4. The monoisotopic (exact) mass is 479 g/mol. The van der Waals surface area contributed by atoms with Crippen molar-refractivity contribution in [1.82, 2.24) is 24.7 Å². The maximum absolute atomic E-state index is 12.9. The van der Waals surface area contributed by atoms with Gasteiger partial charge in [0.15, 0.2) is 17.8 Å². The molecule has 3 heterocycles. The predicted octanol–water partition coefficient (Wildman–Crippen LogP) is 3.03. The Morgan fingerprint density at radius 1 is 1.09 bits per heavy atom. The molecule has 0 aliphatic heterocycles.